The molecule has 5 rings (SSSR count). The molecule has 30 heavy (non-hydrogen) atoms. The summed E-state index contributed by atoms with van der Waals surface area (Å²) in [6, 6.07) is 0. The summed E-state index contributed by atoms with van der Waals surface area (Å²) in [5.41, 5.74) is 0.384. The standard InChI is InChI=1S/C26H42O4/c1-4-9-24(11-13-29-24)10-7-5-6-8-12-28-25-15-21-14-22(16-25)18-26(17-21,19-25)30-23(27)20(2)3/h21-22H,2,4-19H2,1,3H3. The van der Waals surface area contributed by atoms with E-state index in [4.69, 9.17) is 14.2 Å². The second-order valence-corrected chi connectivity index (χ2v) is 11.0. The van der Waals surface area contributed by atoms with Crippen LogP contribution < -0.4 is 0 Å². The second-order valence-electron chi connectivity index (χ2n) is 11.0. The van der Waals surface area contributed by atoms with Gasteiger partial charge in [-0.15, -0.1) is 0 Å². The van der Waals surface area contributed by atoms with Crippen molar-refractivity contribution in [2.24, 2.45) is 11.8 Å². The summed E-state index contributed by atoms with van der Waals surface area (Å²) in [5.74, 6) is 1.09. The summed E-state index contributed by atoms with van der Waals surface area (Å²) in [4.78, 5) is 12.3. The fourth-order valence-electron chi connectivity index (χ4n) is 7.23. The number of ether oxygens (including phenoxy) is 3. The molecule has 0 aromatic rings. The molecule has 0 radical (unpaired) electrons. The fraction of sp³-hybridized carbons (Fsp3) is 0.885. The van der Waals surface area contributed by atoms with Gasteiger partial charge in [0.05, 0.1) is 17.8 Å². The first-order valence-corrected chi connectivity index (χ1v) is 12.5. The Balaban J connectivity index is 1.20. The molecule has 5 fully saturated rings. The van der Waals surface area contributed by atoms with Crippen LogP contribution in [0.1, 0.15) is 104 Å². The van der Waals surface area contributed by atoms with Crippen LogP contribution in [-0.4, -0.2) is 36.0 Å². The minimum atomic E-state index is -0.295. The molecule has 1 aliphatic heterocycles. The Hall–Kier alpha value is -0.870. The molecule has 3 unspecified atom stereocenters. The van der Waals surface area contributed by atoms with E-state index in [1.54, 1.807) is 6.92 Å². The van der Waals surface area contributed by atoms with Gasteiger partial charge >= 0.3 is 5.97 Å². The van der Waals surface area contributed by atoms with Crippen LogP contribution in [0.15, 0.2) is 12.2 Å². The molecule has 5 aliphatic rings. The lowest BCUT2D eigenvalue weighted by Crippen LogP contribution is -2.61. The fourth-order valence-corrected chi connectivity index (χ4v) is 7.23. The zero-order chi connectivity index (χ0) is 21.2. The smallest absolute Gasteiger partial charge is 0.333 e. The molecule has 0 spiro atoms. The molecule has 4 nitrogen and oxygen atoms in total. The Labute approximate surface area is 183 Å². The Morgan fingerprint density at radius 1 is 1.03 bits per heavy atom. The van der Waals surface area contributed by atoms with E-state index >= 15 is 0 Å². The Bertz CT molecular complexity index is 621. The van der Waals surface area contributed by atoms with Crippen LogP contribution in [0.2, 0.25) is 0 Å². The minimum absolute atomic E-state index is 0.0512. The summed E-state index contributed by atoms with van der Waals surface area (Å²) >= 11 is 0. The number of esters is 1. The summed E-state index contributed by atoms with van der Waals surface area (Å²) in [5, 5.41) is 0. The van der Waals surface area contributed by atoms with Gasteiger partial charge < -0.3 is 14.2 Å². The second kappa shape index (κ2) is 8.94. The predicted octanol–water partition coefficient (Wildman–Crippen LogP) is 6.12. The molecule has 1 saturated heterocycles. The highest BCUT2D eigenvalue weighted by Crippen LogP contribution is 2.60. The van der Waals surface area contributed by atoms with E-state index in [1.165, 1.54) is 51.4 Å². The Morgan fingerprint density at radius 2 is 1.70 bits per heavy atom. The van der Waals surface area contributed by atoms with E-state index in [0.717, 1.165) is 51.7 Å². The lowest BCUT2D eigenvalue weighted by molar-refractivity contribution is -0.232. The highest BCUT2D eigenvalue weighted by atomic mass is 16.6. The quantitative estimate of drug-likeness (QED) is 0.217. The molecule has 4 bridgehead atoms. The van der Waals surface area contributed by atoms with Crippen molar-refractivity contribution in [1.29, 1.82) is 0 Å². The number of unbranched alkanes of at least 4 members (excludes halogenated alkanes) is 3. The van der Waals surface area contributed by atoms with E-state index in [9.17, 15) is 4.79 Å². The molecule has 3 atom stereocenters. The lowest BCUT2D eigenvalue weighted by Gasteiger charge is -2.60. The van der Waals surface area contributed by atoms with Crippen LogP contribution in [0.5, 0.6) is 0 Å². The van der Waals surface area contributed by atoms with Gasteiger partial charge in [-0.1, -0.05) is 39.2 Å². The van der Waals surface area contributed by atoms with Crippen LogP contribution in [0, 0.1) is 11.8 Å². The summed E-state index contributed by atoms with van der Waals surface area (Å²) in [7, 11) is 0. The predicted molar refractivity (Wildman–Crippen MR) is 118 cm³/mol. The molecule has 1 heterocycles. The number of hydrogen-bond donors (Lipinski definition) is 0. The zero-order valence-electron chi connectivity index (χ0n) is 19.3. The summed E-state index contributed by atoms with van der Waals surface area (Å²) in [6.45, 7) is 9.59. The summed E-state index contributed by atoms with van der Waals surface area (Å²) in [6.07, 6.45) is 16.4. The van der Waals surface area contributed by atoms with Crippen LogP contribution in [-0.2, 0) is 19.0 Å². The molecule has 4 heteroatoms. The van der Waals surface area contributed by atoms with Gasteiger partial charge in [-0.3, -0.25) is 0 Å². The highest BCUT2D eigenvalue weighted by molar-refractivity contribution is 5.87. The molecule has 0 aromatic heterocycles. The average molecular weight is 419 g/mol. The van der Waals surface area contributed by atoms with Crippen molar-refractivity contribution in [3.8, 4) is 0 Å². The van der Waals surface area contributed by atoms with Gasteiger partial charge in [0.15, 0.2) is 0 Å². The molecule has 170 valence electrons. The van der Waals surface area contributed by atoms with E-state index in [2.05, 4.69) is 13.5 Å². The molecule has 0 N–H and O–H groups in total. The Kier molecular flexibility index (Phi) is 6.65. The van der Waals surface area contributed by atoms with Crippen molar-refractivity contribution in [2.45, 2.75) is 121 Å². The van der Waals surface area contributed by atoms with Gasteiger partial charge in [0.1, 0.15) is 5.60 Å². The zero-order valence-corrected chi connectivity index (χ0v) is 19.3. The van der Waals surface area contributed by atoms with Gasteiger partial charge in [0.2, 0.25) is 0 Å². The average Bonchev–Trinajstić information content (AvgIpc) is 2.63. The van der Waals surface area contributed by atoms with E-state index in [0.29, 0.717) is 17.4 Å². The number of rotatable bonds is 12. The van der Waals surface area contributed by atoms with Gasteiger partial charge in [-0.05, 0) is 76.5 Å². The van der Waals surface area contributed by atoms with E-state index in [-0.39, 0.29) is 22.8 Å². The SMILES string of the molecule is C=C(C)C(=O)OC12CC3CC(CC(OCCCCCCC4(CCC)CCO4)(C3)C1)C2. The number of hydrogen-bond acceptors (Lipinski definition) is 4. The molecule has 0 amide bonds. The third-order valence-corrected chi connectivity index (χ3v) is 8.22. The van der Waals surface area contributed by atoms with Crippen LogP contribution >= 0.6 is 0 Å². The van der Waals surface area contributed by atoms with Crippen molar-refractivity contribution in [3.63, 3.8) is 0 Å². The molecular weight excluding hydrogens is 376 g/mol. The van der Waals surface area contributed by atoms with Crippen molar-refractivity contribution in [1.82, 2.24) is 0 Å². The molecule has 4 aliphatic carbocycles. The van der Waals surface area contributed by atoms with Crippen molar-refractivity contribution >= 4 is 5.97 Å². The normalized spacial score (nSPS) is 39.0. The first-order chi connectivity index (χ1) is 14.4. The maximum absolute atomic E-state index is 12.3. The first-order valence-electron chi connectivity index (χ1n) is 12.5. The van der Waals surface area contributed by atoms with Gasteiger partial charge in [-0.2, -0.15) is 0 Å². The van der Waals surface area contributed by atoms with Gasteiger partial charge in [0, 0.05) is 18.6 Å². The topological polar surface area (TPSA) is 44.8 Å². The number of carbonyl (C=O) groups excluding carboxylic acids is 1. The molecule has 0 aromatic carbocycles. The van der Waals surface area contributed by atoms with E-state index in [1.807, 2.05) is 0 Å². The van der Waals surface area contributed by atoms with Crippen LogP contribution in [0.3, 0.4) is 0 Å². The molecule has 4 saturated carbocycles. The van der Waals surface area contributed by atoms with Crippen molar-refractivity contribution in [3.05, 3.63) is 12.2 Å². The maximum atomic E-state index is 12.3. The van der Waals surface area contributed by atoms with Crippen LogP contribution in [0.4, 0.5) is 0 Å². The molecular formula is C26H42O4. The minimum Gasteiger partial charge on any atom is -0.456 e. The number of carbonyl (C=O) groups is 1. The maximum Gasteiger partial charge on any atom is 0.333 e. The third kappa shape index (κ3) is 4.80. The van der Waals surface area contributed by atoms with Crippen molar-refractivity contribution in [2.75, 3.05) is 13.2 Å². The van der Waals surface area contributed by atoms with Crippen LogP contribution in [0.25, 0.3) is 0 Å². The van der Waals surface area contributed by atoms with Gasteiger partial charge in [-0.25, -0.2) is 4.79 Å². The first kappa shape index (κ1) is 22.3. The summed E-state index contributed by atoms with van der Waals surface area (Å²) < 4.78 is 18.5. The van der Waals surface area contributed by atoms with Crippen molar-refractivity contribution < 1.29 is 19.0 Å². The highest BCUT2D eigenvalue weighted by Gasteiger charge is 2.60. The Morgan fingerprint density at radius 3 is 2.30 bits per heavy atom. The lowest BCUT2D eigenvalue weighted by atomic mass is 9.52. The van der Waals surface area contributed by atoms with Gasteiger partial charge in [0.25, 0.3) is 0 Å². The largest absolute Gasteiger partial charge is 0.456 e. The monoisotopic (exact) mass is 418 g/mol. The van der Waals surface area contributed by atoms with E-state index < -0.39 is 0 Å². The third-order valence-electron chi connectivity index (χ3n) is 8.22.